The summed E-state index contributed by atoms with van der Waals surface area (Å²) in [5.41, 5.74) is 9.78. The summed E-state index contributed by atoms with van der Waals surface area (Å²) < 4.78 is 0.783. The van der Waals surface area contributed by atoms with Crippen molar-refractivity contribution in [2.75, 3.05) is 11.1 Å². The second-order valence-electron chi connectivity index (χ2n) is 4.52. The number of carbonyl (C=O) groups is 1. The number of benzene rings is 2. The fraction of sp³-hybridized carbons (Fsp3) is 0.133. The summed E-state index contributed by atoms with van der Waals surface area (Å²) in [5, 5.41) is 2.91. The molecule has 0 saturated heterocycles. The van der Waals surface area contributed by atoms with E-state index in [1.54, 1.807) is 12.1 Å². The van der Waals surface area contributed by atoms with E-state index in [4.69, 9.17) is 5.73 Å². The van der Waals surface area contributed by atoms with E-state index < -0.39 is 0 Å². The smallest absolute Gasteiger partial charge is 0.255 e. The number of anilines is 2. The van der Waals surface area contributed by atoms with Gasteiger partial charge in [0.1, 0.15) is 0 Å². The molecule has 0 heterocycles. The number of nitrogens with two attached hydrogens (primary N) is 1. The van der Waals surface area contributed by atoms with Crippen LogP contribution in [0.5, 0.6) is 0 Å². The van der Waals surface area contributed by atoms with Crippen LogP contribution in [0.4, 0.5) is 11.4 Å². The Hall–Kier alpha value is -1.81. The molecule has 0 unspecified atom stereocenters. The Morgan fingerprint density at radius 2 is 1.95 bits per heavy atom. The summed E-state index contributed by atoms with van der Waals surface area (Å²) in [7, 11) is 0. The number of hydrogen-bond acceptors (Lipinski definition) is 2. The molecule has 19 heavy (non-hydrogen) atoms. The van der Waals surface area contributed by atoms with Crippen molar-refractivity contribution in [2.24, 2.45) is 0 Å². The Bertz CT molecular complexity index is 615. The predicted octanol–water partition coefficient (Wildman–Crippen LogP) is 3.90. The van der Waals surface area contributed by atoms with Gasteiger partial charge in [0.15, 0.2) is 0 Å². The van der Waals surface area contributed by atoms with Gasteiger partial charge in [0.25, 0.3) is 5.91 Å². The Morgan fingerprint density at radius 3 is 2.58 bits per heavy atom. The molecule has 1 amide bonds. The van der Waals surface area contributed by atoms with Crippen LogP contribution in [-0.4, -0.2) is 5.91 Å². The first kappa shape index (κ1) is 13.6. The van der Waals surface area contributed by atoms with E-state index in [0.29, 0.717) is 11.3 Å². The van der Waals surface area contributed by atoms with Crippen LogP contribution in [-0.2, 0) is 0 Å². The molecule has 2 aromatic rings. The summed E-state index contributed by atoms with van der Waals surface area (Å²) in [4.78, 5) is 12.2. The molecule has 0 fully saturated rings. The van der Waals surface area contributed by atoms with E-state index >= 15 is 0 Å². The lowest BCUT2D eigenvalue weighted by atomic mass is 10.1. The van der Waals surface area contributed by atoms with Gasteiger partial charge in [-0.05, 0) is 59.6 Å². The third-order valence-corrected chi connectivity index (χ3v) is 3.45. The van der Waals surface area contributed by atoms with E-state index in [-0.39, 0.29) is 5.91 Å². The van der Waals surface area contributed by atoms with Crippen LogP contribution < -0.4 is 11.1 Å². The zero-order chi connectivity index (χ0) is 14.0. The number of hydrogen-bond donors (Lipinski definition) is 2. The van der Waals surface area contributed by atoms with E-state index in [9.17, 15) is 4.79 Å². The average molecular weight is 319 g/mol. The zero-order valence-electron chi connectivity index (χ0n) is 10.8. The molecular weight excluding hydrogens is 304 g/mol. The summed E-state index contributed by atoms with van der Waals surface area (Å²) in [6, 6.07) is 11.1. The van der Waals surface area contributed by atoms with E-state index in [2.05, 4.69) is 21.2 Å². The maximum Gasteiger partial charge on any atom is 0.255 e. The van der Waals surface area contributed by atoms with Gasteiger partial charge in [0.2, 0.25) is 0 Å². The van der Waals surface area contributed by atoms with Gasteiger partial charge in [-0.15, -0.1) is 0 Å². The van der Waals surface area contributed by atoms with E-state index in [1.807, 2.05) is 38.1 Å². The second kappa shape index (κ2) is 5.45. The molecule has 3 N–H and O–H groups in total. The molecule has 0 saturated carbocycles. The van der Waals surface area contributed by atoms with Crippen LogP contribution >= 0.6 is 15.9 Å². The van der Waals surface area contributed by atoms with Crippen LogP contribution in [0.3, 0.4) is 0 Å². The molecule has 0 spiro atoms. The largest absolute Gasteiger partial charge is 0.399 e. The van der Waals surface area contributed by atoms with Crippen molar-refractivity contribution in [1.82, 2.24) is 0 Å². The van der Waals surface area contributed by atoms with Crippen molar-refractivity contribution < 1.29 is 4.79 Å². The highest BCUT2D eigenvalue weighted by Gasteiger charge is 2.11. The van der Waals surface area contributed by atoms with Gasteiger partial charge in [-0.1, -0.05) is 17.7 Å². The van der Waals surface area contributed by atoms with Gasteiger partial charge in [-0.25, -0.2) is 0 Å². The monoisotopic (exact) mass is 318 g/mol. The van der Waals surface area contributed by atoms with Crippen molar-refractivity contribution in [3.05, 3.63) is 57.6 Å². The molecule has 0 aliphatic heterocycles. The fourth-order valence-corrected chi connectivity index (χ4v) is 2.58. The van der Waals surface area contributed by atoms with Crippen LogP contribution in [0.1, 0.15) is 21.5 Å². The molecular formula is C15H15BrN2O. The quantitative estimate of drug-likeness (QED) is 0.825. The fourth-order valence-electron chi connectivity index (χ4n) is 1.90. The maximum absolute atomic E-state index is 12.2. The third-order valence-electron chi connectivity index (χ3n) is 2.83. The molecule has 0 aliphatic carbocycles. The van der Waals surface area contributed by atoms with Crippen molar-refractivity contribution in [1.29, 1.82) is 0 Å². The van der Waals surface area contributed by atoms with Gasteiger partial charge >= 0.3 is 0 Å². The van der Waals surface area contributed by atoms with Gasteiger partial charge in [-0.2, -0.15) is 0 Å². The standard InChI is InChI=1S/C15H15BrN2O/c1-9-4-3-5-11(6-9)15(19)18-14-10(2)7-12(17)8-13(14)16/h3-8H,17H2,1-2H3,(H,18,19). The number of nitrogen functional groups attached to an aromatic ring is 1. The highest BCUT2D eigenvalue weighted by Crippen LogP contribution is 2.29. The first-order valence-electron chi connectivity index (χ1n) is 5.91. The predicted molar refractivity (Wildman–Crippen MR) is 82.4 cm³/mol. The SMILES string of the molecule is Cc1cccc(C(=O)Nc2c(C)cc(N)cc2Br)c1. The minimum absolute atomic E-state index is 0.128. The van der Waals surface area contributed by atoms with E-state index in [0.717, 1.165) is 21.3 Å². The molecule has 0 atom stereocenters. The number of aryl methyl sites for hydroxylation is 2. The molecule has 0 radical (unpaired) electrons. The summed E-state index contributed by atoms with van der Waals surface area (Å²) in [5.74, 6) is -0.128. The van der Waals surface area contributed by atoms with Crippen molar-refractivity contribution in [3.63, 3.8) is 0 Å². The number of rotatable bonds is 2. The molecule has 3 nitrogen and oxygen atoms in total. The van der Waals surface area contributed by atoms with Crippen molar-refractivity contribution in [3.8, 4) is 0 Å². The zero-order valence-corrected chi connectivity index (χ0v) is 12.4. The Kier molecular flexibility index (Phi) is 3.90. The molecule has 0 aliphatic rings. The Morgan fingerprint density at radius 1 is 1.21 bits per heavy atom. The minimum Gasteiger partial charge on any atom is -0.399 e. The lowest BCUT2D eigenvalue weighted by Gasteiger charge is -2.12. The second-order valence-corrected chi connectivity index (χ2v) is 5.37. The number of halogens is 1. The molecule has 2 aromatic carbocycles. The van der Waals surface area contributed by atoms with Crippen molar-refractivity contribution >= 4 is 33.2 Å². The number of carbonyl (C=O) groups excluding carboxylic acids is 1. The Labute approximate surface area is 121 Å². The van der Waals surface area contributed by atoms with Gasteiger partial charge < -0.3 is 11.1 Å². The lowest BCUT2D eigenvalue weighted by molar-refractivity contribution is 0.102. The highest BCUT2D eigenvalue weighted by atomic mass is 79.9. The molecule has 4 heteroatoms. The summed E-state index contributed by atoms with van der Waals surface area (Å²) in [6.45, 7) is 3.87. The van der Waals surface area contributed by atoms with Crippen LogP contribution in [0.15, 0.2) is 40.9 Å². The topological polar surface area (TPSA) is 55.1 Å². The third kappa shape index (κ3) is 3.15. The minimum atomic E-state index is -0.128. The van der Waals surface area contributed by atoms with Gasteiger partial charge in [0, 0.05) is 15.7 Å². The summed E-state index contributed by atoms with van der Waals surface area (Å²) >= 11 is 3.42. The number of amides is 1. The van der Waals surface area contributed by atoms with Gasteiger partial charge in [0.05, 0.1) is 5.69 Å². The molecule has 0 aromatic heterocycles. The van der Waals surface area contributed by atoms with Crippen LogP contribution in [0, 0.1) is 13.8 Å². The lowest BCUT2D eigenvalue weighted by Crippen LogP contribution is -2.13. The first-order chi connectivity index (χ1) is 8.97. The average Bonchev–Trinajstić information content (AvgIpc) is 2.33. The molecule has 2 rings (SSSR count). The summed E-state index contributed by atoms with van der Waals surface area (Å²) in [6.07, 6.45) is 0. The van der Waals surface area contributed by atoms with E-state index in [1.165, 1.54) is 0 Å². The molecule has 98 valence electrons. The van der Waals surface area contributed by atoms with Crippen LogP contribution in [0.25, 0.3) is 0 Å². The van der Waals surface area contributed by atoms with Crippen molar-refractivity contribution in [2.45, 2.75) is 13.8 Å². The number of nitrogens with one attached hydrogen (secondary N) is 1. The molecule has 0 bridgehead atoms. The van der Waals surface area contributed by atoms with Crippen LogP contribution in [0.2, 0.25) is 0 Å². The Balaban J connectivity index is 2.29. The highest BCUT2D eigenvalue weighted by molar-refractivity contribution is 9.10. The first-order valence-corrected chi connectivity index (χ1v) is 6.70. The van der Waals surface area contributed by atoms with Gasteiger partial charge in [-0.3, -0.25) is 4.79 Å². The maximum atomic E-state index is 12.2. The normalized spacial score (nSPS) is 10.3.